The van der Waals surface area contributed by atoms with Gasteiger partial charge in [-0.1, -0.05) is 37.1 Å². The number of hydrogen-bond acceptors (Lipinski definition) is 2. The zero-order valence-corrected chi connectivity index (χ0v) is 8.78. The number of hydrogen-bond donors (Lipinski definition) is 0. The highest BCUT2D eigenvalue weighted by molar-refractivity contribution is 5.36. The molecule has 0 bridgehead atoms. The summed E-state index contributed by atoms with van der Waals surface area (Å²) in [6, 6.07) is 8.32. The Morgan fingerprint density at radius 1 is 1.27 bits per heavy atom. The molecule has 0 N–H and O–H groups in total. The molecule has 1 aliphatic carbocycles. The second-order valence-electron chi connectivity index (χ2n) is 4.09. The fraction of sp³-hybridized carbons (Fsp3) is 0.462. The molecule has 15 heavy (non-hydrogen) atoms. The van der Waals surface area contributed by atoms with Crippen molar-refractivity contribution < 1.29 is 4.79 Å². The lowest BCUT2D eigenvalue weighted by atomic mass is 9.93. The Kier molecular flexibility index (Phi) is 3.31. The van der Waals surface area contributed by atoms with E-state index in [0.29, 0.717) is 12.5 Å². The Bertz CT molecular complexity index is 374. The topological polar surface area (TPSA) is 29.4 Å². The van der Waals surface area contributed by atoms with Gasteiger partial charge < -0.3 is 0 Å². The molecule has 0 spiro atoms. The molecule has 1 aromatic rings. The molecule has 0 unspecified atom stereocenters. The van der Waals surface area contributed by atoms with Crippen LogP contribution in [0, 0.1) is 0 Å². The van der Waals surface area contributed by atoms with Crippen molar-refractivity contribution in [2.24, 2.45) is 4.99 Å². The van der Waals surface area contributed by atoms with Gasteiger partial charge in [0.2, 0.25) is 6.08 Å². The van der Waals surface area contributed by atoms with E-state index >= 15 is 0 Å². The first kappa shape index (κ1) is 10.1. The predicted molar refractivity (Wildman–Crippen MR) is 59.5 cm³/mol. The molecule has 1 aromatic carbocycles. The number of isocyanates is 1. The highest BCUT2D eigenvalue weighted by atomic mass is 16.1. The van der Waals surface area contributed by atoms with Crippen LogP contribution in [0.3, 0.4) is 0 Å². The average Bonchev–Trinajstić information content (AvgIpc) is 2.80. The Labute approximate surface area is 90.0 Å². The SMILES string of the molecule is O=C=NCc1ccccc1C1CCCC1. The lowest BCUT2D eigenvalue weighted by Gasteiger charge is -2.13. The summed E-state index contributed by atoms with van der Waals surface area (Å²) in [4.78, 5) is 13.8. The molecule has 0 radical (unpaired) electrons. The van der Waals surface area contributed by atoms with Crippen LogP contribution in [0.5, 0.6) is 0 Å². The van der Waals surface area contributed by atoms with E-state index in [-0.39, 0.29) is 0 Å². The van der Waals surface area contributed by atoms with Gasteiger partial charge in [-0.2, -0.15) is 0 Å². The molecule has 0 heterocycles. The third kappa shape index (κ3) is 2.34. The summed E-state index contributed by atoms with van der Waals surface area (Å²) in [5, 5.41) is 0. The number of benzene rings is 1. The molecule has 1 saturated carbocycles. The van der Waals surface area contributed by atoms with Crippen LogP contribution in [0.2, 0.25) is 0 Å². The maximum atomic E-state index is 10.1. The van der Waals surface area contributed by atoms with Crippen LogP contribution in [-0.4, -0.2) is 6.08 Å². The number of nitrogens with zero attached hydrogens (tertiary/aromatic N) is 1. The maximum absolute atomic E-state index is 10.1. The fourth-order valence-electron chi connectivity index (χ4n) is 2.43. The quantitative estimate of drug-likeness (QED) is 0.545. The smallest absolute Gasteiger partial charge is 0.211 e. The second-order valence-corrected chi connectivity index (χ2v) is 4.09. The Balaban J connectivity index is 2.23. The van der Waals surface area contributed by atoms with Crippen molar-refractivity contribution in [1.82, 2.24) is 0 Å². The minimum Gasteiger partial charge on any atom is -0.211 e. The molecule has 78 valence electrons. The lowest BCUT2D eigenvalue weighted by molar-refractivity contribution is 0.562. The van der Waals surface area contributed by atoms with Crippen molar-refractivity contribution in [2.45, 2.75) is 38.1 Å². The van der Waals surface area contributed by atoms with E-state index in [1.807, 2.05) is 6.07 Å². The lowest BCUT2D eigenvalue weighted by Crippen LogP contribution is -1.97. The summed E-state index contributed by atoms with van der Waals surface area (Å²) in [6.07, 6.45) is 6.83. The molecule has 1 aliphatic rings. The minimum absolute atomic E-state index is 0.482. The second kappa shape index (κ2) is 4.90. The molecule has 0 aromatic heterocycles. The summed E-state index contributed by atoms with van der Waals surface area (Å²) in [7, 11) is 0. The van der Waals surface area contributed by atoms with E-state index in [0.717, 1.165) is 0 Å². The first-order valence-corrected chi connectivity index (χ1v) is 5.53. The van der Waals surface area contributed by atoms with E-state index in [1.165, 1.54) is 36.8 Å². The van der Waals surface area contributed by atoms with Crippen LogP contribution >= 0.6 is 0 Å². The van der Waals surface area contributed by atoms with Crippen molar-refractivity contribution in [3.63, 3.8) is 0 Å². The summed E-state index contributed by atoms with van der Waals surface area (Å²) >= 11 is 0. The molecule has 2 nitrogen and oxygen atoms in total. The van der Waals surface area contributed by atoms with Crippen LogP contribution < -0.4 is 0 Å². The van der Waals surface area contributed by atoms with Crippen molar-refractivity contribution in [1.29, 1.82) is 0 Å². The fourth-order valence-corrected chi connectivity index (χ4v) is 2.43. The minimum atomic E-state index is 0.482. The maximum Gasteiger partial charge on any atom is 0.235 e. The average molecular weight is 201 g/mol. The standard InChI is InChI=1S/C13H15NO/c15-10-14-9-12-7-3-4-8-13(12)11-5-1-2-6-11/h3-4,7-8,11H,1-2,5-6,9H2. The van der Waals surface area contributed by atoms with Gasteiger partial charge in [0.25, 0.3) is 0 Å². The van der Waals surface area contributed by atoms with Gasteiger partial charge in [-0.05, 0) is 29.9 Å². The molecule has 1 fully saturated rings. The summed E-state index contributed by atoms with van der Waals surface area (Å²) in [5.41, 5.74) is 2.57. The van der Waals surface area contributed by atoms with E-state index in [9.17, 15) is 4.79 Å². The Hall–Kier alpha value is -1.40. The third-order valence-corrected chi connectivity index (χ3v) is 3.16. The summed E-state index contributed by atoms with van der Waals surface area (Å²) in [6.45, 7) is 0.482. The van der Waals surface area contributed by atoms with E-state index < -0.39 is 0 Å². The van der Waals surface area contributed by atoms with Gasteiger partial charge in [0.15, 0.2) is 0 Å². The van der Waals surface area contributed by atoms with E-state index in [1.54, 1.807) is 6.08 Å². The van der Waals surface area contributed by atoms with Gasteiger partial charge in [0.05, 0.1) is 6.54 Å². The van der Waals surface area contributed by atoms with Crippen LogP contribution in [-0.2, 0) is 11.3 Å². The van der Waals surface area contributed by atoms with Crippen LogP contribution in [0.15, 0.2) is 29.3 Å². The van der Waals surface area contributed by atoms with Gasteiger partial charge in [-0.15, -0.1) is 0 Å². The van der Waals surface area contributed by atoms with Crippen molar-refractivity contribution in [3.8, 4) is 0 Å². The van der Waals surface area contributed by atoms with Crippen molar-refractivity contribution in [3.05, 3.63) is 35.4 Å². The molecule has 2 rings (SSSR count). The first-order valence-electron chi connectivity index (χ1n) is 5.53. The highest BCUT2D eigenvalue weighted by Crippen LogP contribution is 2.35. The predicted octanol–water partition coefficient (Wildman–Crippen LogP) is 3.18. The van der Waals surface area contributed by atoms with E-state index in [2.05, 4.69) is 23.2 Å². The van der Waals surface area contributed by atoms with Crippen LogP contribution in [0.1, 0.15) is 42.7 Å². The number of carbonyl (C=O) groups excluding carboxylic acids is 1. The van der Waals surface area contributed by atoms with Gasteiger partial charge in [-0.25, -0.2) is 9.79 Å². The van der Waals surface area contributed by atoms with Gasteiger partial charge in [0.1, 0.15) is 0 Å². The van der Waals surface area contributed by atoms with E-state index in [4.69, 9.17) is 0 Å². The highest BCUT2D eigenvalue weighted by Gasteiger charge is 2.18. The monoisotopic (exact) mass is 201 g/mol. The molecule has 0 atom stereocenters. The normalized spacial score (nSPS) is 16.3. The van der Waals surface area contributed by atoms with Gasteiger partial charge >= 0.3 is 0 Å². The zero-order valence-electron chi connectivity index (χ0n) is 8.78. The van der Waals surface area contributed by atoms with Crippen molar-refractivity contribution in [2.75, 3.05) is 0 Å². The van der Waals surface area contributed by atoms with Crippen LogP contribution in [0.25, 0.3) is 0 Å². The molecule has 0 saturated heterocycles. The van der Waals surface area contributed by atoms with Crippen LogP contribution in [0.4, 0.5) is 0 Å². The molecule has 0 aliphatic heterocycles. The largest absolute Gasteiger partial charge is 0.235 e. The summed E-state index contributed by atoms with van der Waals surface area (Å²) < 4.78 is 0. The first-order chi connectivity index (χ1) is 7.42. The zero-order chi connectivity index (χ0) is 10.5. The summed E-state index contributed by atoms with van der Waals surface area (Å²) in [5.74, 6) is 0.683. The number of aliphatic imine (C=N–C) groups is 1. The van der Waals surface area contributed by atoms with Gasteiger partial charge in [0, 0.05) is 0 Å². The number of rotatable bonds is 3. The molecular formula is C13H15NO. The molecule has 0 amide bonds. The van der Waals surface area contributed by atoms with Gasteiger partial charge in [-0.3, -0.25) is 0 Å². The van der Waals surface area contributed by atoms with Crippen molar-refractivity contribution >= 4 is 6.08 Å². The Morgan fingerprint density at radius 2 is 2.00 bits per heavy atom. The third-order valence-electron chi connectivity index (χ3n) is 3.16. The molecular weight excluding hydrogens is 186 g/mol. The molecule has 2 heteroatoms. The Morgan fingerprint density at radius 3 is 2.73 bits per heavy atom.